The van der Waals surface area contributed by atoms with Crippen LogP contribution in [0.5, 0.6) is 5.75 Å². The van der Waals surface area contributed by atoms with E-state index in [1.54, 1.807) is 13.3 Å². The molecule has 0 aromatic carbocycles. The number of anilines is 1. The van der Waals surface area contributed by atoms with Gasteiger partial charge in [0.1, 0.15) is 0 Å². The standard InChI is InChI=1S/C13H21ClN2O/c1-4-13(5-2,9-14)10-16-12-11(17-3)7-6-8-15-12/h6-8H,4-5,9-10H2,1-3H3,(H,15,16). The van der Waals surface area contributed by atoms with E-state index in [4.69, 9.17) is 16.3 Å². The zero-order chi connectivity index (χ0) is 12.7. The van der Waals surface area contributed by atoms with Crippen LogP contribution in [0, 0.1) is 5.41 Å². The molecule has 0 bridgehead atoms. The number of pyridine rings is 1. The summed E-state index contributed by atoms with van der Waals surface area (Å²) in [6, 6.07) is 3.76. The van der Waals surface area contributed by atoms with Crippen molar-refractivity contribution in [2.24, 2.45) is 5.41 Å². The lowest BCUT2D eigenvalue weighted by Crippen LogP contribution is -2.30. The van der Waals surface area contributed by atoms with E-state index in [0.717, 1.165) is 31.0 Å². The SMILES string of the molecule is CCC(CC)(CCl)CNc1ncccc1OC. The fraction of sp³-hybridized carbons (Fsp3) is 0.615. The Bertz CT molecular complexity index is 332. The van der Waals surface area contributed by atoms with Gasteiger partial charge >= 0.3 is 0 Å². The van der Waals surface area contributed by atoms with E-state index in [2.05, 4.69) is 24.1 Å². The van der Waals surface area contributed by atoms with Crippen LogP contribution in [-0.2, 0) is 0 Å². The van der Waals surface area contributed by atoms with Gasteiger partial charge in [0.2, 0.25) is 0 Å². The number of hydrogen-bond acceptors (Lipinski definition) is 3. The molecular weight excluding hydrogens is 236 g/mol. The number of methoxy groups -OCH3 is 1. The molecule has 1 N–H and O–H groups in total. The van der Waals surface area contributed by atoms with Crippen LogP contribution in [0.3, 0.4) is 0 Å². The summed E-state index contributed by atoms with van der Waals surface area (Å²) in [7, 11) is 1.65. The Morgan fingerprint density at radius 1 is 1.41 bits per heavy atom. The topological polar surface area (TPSA) is 34.2 Å². The number of nitrogens with one attached hydrogen (secondary N) is 1. The molecule has 1 rings (SSSR count). The van der Waals surface area contributed by atoms with Crippen molar-refractivity contribution in [1.29, 1.82) is 0 Å². The van der Waals surface area contributed by atoms with E-state index >= 15 is 0 Å². The molecule has 0 saturated carbocycles. The molecule has 1 aromatic rings. The van der Waals surface area contributed by atoms with Gasteiger partial charge in [-0.25, -0.2) is 4.98 Å². The third-order valence-corrected chi connectivity index (χ3v) is 3.97. The predicted molar refractivity (Wildman–Crippen MR) is 73.0 cm³/mol. The van der Waals surface area contributed by atoms with E-state index in [1.807, 2.05) is 12.1 Å². The molecule has 1 aromatic heterocycles. The second kappa shape index (κ2) is 6.70. The Morgan fingerprint density at radius 3 is 2.65 bits per heavy atom. The van der Waals surface area contributed by atoms with Gasteiger partial charge in [-0.15, -0.1) is 11.6 Å². The molecule has 1 heterocycles. The molecule has 0 spiro atoms. The first-order chi connectivity index (χ1) is 8.21. The Labute approximate surface area is 109 Å². The second-order valence-electron chi connectivity index (χ2n) is 4.25. The summed E-state index contributed by atoms with van der Waals surface area (Å²) >= 11 is 6.07. The summed E-state index contributed by atoms with van der Waals surface area (Å²) in [6.45, 7) is 5.16. The lowest BCUT2D eigenvalue weighted by molar-refractivity contribution is 0.325. The Balaban J connectivity index is 2.71. The Hall–Kier alpha value is -0.960. The smallest absolute Gasteiger partial charge is 0.168 e. The maximum absolute atomic E-state index is 6.07. The van der Waals surface area contributed by atoms with Crippen molar-refractivity contribution < 1.29 is 4.74 Å². The van der Waals surface area contributed by atoms with Gasteiger partial charge in [0.15, 0.2) is 11.6 Å². The predicted octanol–water partition coefficient (Wildman–Crippen LogP) is 3.55. The first-order valence-electron chi connectivity index (χ1n) is 6.00. The molecule has 0 amide bonds. The molecule has 0 unspecified atom stereocenters. The minimum atomic E-state index is 0.129. The summed E-state index contributed by atoms with van der Waals surface area (Å²) in [5.41, 5.74) is 0.129. The number of rotatable bonds is 7. The molecule has 0 aliphatic rings. The number of nitrogens with zero attached hydrogens (tertiary/aromatic N) is 1. The minimum Gasteiger partial charge on any atom is -0.493 e. The van der Waals surface area contributed by atoms with Crippen LogP contribution >= 0.6 is 11.6 Å². The van der Waals surface area contributed by atoms with Crippen LogP contribution in [0.1, 0.15) is 26.7 Å². The summed E-state index contributed by atoms with van der Waals surface area (Å²) in [4.78, 5) is 4.28. The maximum Gasteiger partial charge on any atom is 0.168 e. The molecule has 96 valence electrons. The van der Waals surface area contributed by atoms with E-state index in [0.29, 0.717) is 5.88 Å². The van der Waals surface area contributed by atoms with Gasteiger partial charge in [0.25, 0.3) is 0 Å². The zero-order valence-corrected chi connectivity index (χ0v) is 11.5. The van der Waals surface area contributed by atoms with Crippen LogP contribution in [0.25, 0.3) is 0 Å². The number of alkyl halides is 1. The van der Waals surface area contributed by atoms with Crippen molar-refractivity contribution >= 4 is 17.4 Å². The molecule has 0 atom stereocenters. The number of hydrogen-bond donors (Lipinski definition) is 1. The van der Waals surface area contributed by atoms with Crippen molar-refractivity contribution in [2.75, 3.05) is 24.9 Å². The van der Waals surface area contributed by atoms with Crippen molar-refractivity contribution in [3.8, 4) is 5.75 Å². The van der Waals surface area contributed by atoms with Crippen LogP contribution in [-0.4, -0.2) is 24.5 Å². The van der Waals surface area contributed by atoms with E-state index in [9.17, 15) is 0 Å². The van der Waals surface area contributed by atoms with Crippen molar-refractivity contribution in [3.63, 3.8) is 0 Å². The number of ether oxygens (including phenoxy) is 1. The average molecular weight is 257 g/mol. The average Bonchev–Trinajstić information content (AvgIpc) is 2.41. The van der Waals surface area contributed by atoms with E-state index in [1.165, 1.54) is 0 Å². The molecule has 17 heavy (non-hydrogen) atoms. The third-order valence-electron chi connectivity index (χ3n) is 3.40. The Morgan fingerprint density at radius 2 is 2.12 bits per heavy atom. The molecule has 4 heteroatoms. The molecule has 3 nitrogen and oxygen atoms in total. The van der Waals surface area contributed by atoms with Crippen molar-refractivity contribution in [2.45, 2.75) is 26.7 Å². The minimum absolute atomic E-state index is 0.129. The molecule has 0 aliphatic carbocycles. The number of aromatic nitrogens is 1. The van der Waals surface area contributed by atoms with Gasteiger partial charge in [-0.1, -0.05) is 13.8 Å². The van der Waals surface area contributed by atoms with Crippen LogP contribution in [0.4, 0.5) is 5.82 Å². The van der Waals surface area contributed by atoms with Crippen molar-refractivity contribution in [3.05, 3.63) is 18.3 Å². The monoisotopic (exact) mass is 256 g/mol. The fourth-order valence-corrected chi connectivity index (χ4v) is 2.17. The summed E-state index contributed by atoms with van der Waals surface area (Å²) < 4.78 is 5.25. The van der Waals surface area contributed by atoms with Gasteiger partial charge in [-0.05, 0) is 25.0 Å². The van der Waals surface area contributed by atoms with Gasteiger partial charge in [-0.2, -0.15) is 0 Å². The lowest BCUT2D eigenvalue weighted by atomic mass is 9.84. The first-order valence-corrected chi connectivity index (χ1v) is 6.53. The summed E-state index contributed by atoms with van der Waals surface area (Å²) in [6.07, 6.45) is 3.86. The lowest BCUT2D eigenvalue weighted by Gasteiger charge is -2.29. The van der Waals surface area contributed by atoms with Gasteiger partial charge in [-0.3, -0.25) is 0 Å². The maximum atomic E-state index is 6.07. The molecule has 0 saturated heterocycles. The van der Waals surface area contributed by atoms with Crippen LogP contribution in [0.15, 0.2) is 18.3 Å². The molecular formula is C13H21ClN2O. The second-order valence-corrected chi connectivity index (χ2v) is 4.52. The largest absolute Gasteiger partial charge is 0.493 e. The quantitative estimate of drug-likeness (QED) is 0.758. The van der Waals surface area contributed by atoms with Gasteiger partial charge in [0, 0.05) is 24.0 Å². The summed E-state index contributed by atoms with van der Waals surface area (Å²) in [5.74, 6) is 2.21. The van der Waals surface area contributed by atoms with E-state index in [-0.39, 0.29) is 5.41 Å². The molecule has 0 fully saturated rings. The van der Waals surface area contributed by atoms with Gasteiger partial charge < -0.3 is 10.1 Å². The fourth-order valence-electron chi connectivity index (χ4n) is 1.70. The zero-order valence-electron chi connectivity index (χ0n) is 10.8. The highest BCUT2D eigenvalue weighted by atomic mass is 35.5. The summed E-state index contributed by atoms with van der Waals surface area (Å²) in [5, 5.41) is 3.34. The highest BCUT2D eigenvalue weighted by molar-refractivity contribution is 6.18. The van der Waals surface area contributed by atoms with Gasteiger partial charge in [0.05, 0.1) is 7.11 Å². The van der Waals surface area contributed by atoms with Crippen LogP contribution in [0.2, 0.25) is 0 Å². The molecule has 0 aliphatic heterocycles. The van der Waals surface area contributed by atoms with E-state index < -0.39 is 0 Å². The highest BCUT2D eigenvalue weighted by Crippen LogP contribution is 2.29. The number of halogens is 1. The Kier molecular flexibility index (Phi) is 5.56. The normalized spacial score (nSPS) is 11.3. The first kappa shape index (κ1) is 14.1. The highest BCUT2D eigenvalue weighted by Gasteiger charge is 2.25. The third kappa shape index (κ3) is 3.50. The molecule has 0 radical (unpaired) electrons. The van der Waals surface area contributed by atoms with Crippen LogP contribution < -0.4 is 10.1 Å². The van der Waals surface area contributed by atoms with Crippen molar-refractivity contribution in [1.82, 2.24) is 4.98 Å².